The maximum atomic E-state index is 12.4. The highest BCUT2D eigenvalue weighted by Gasteiger charge is 2.33. The van der Waals surface area contributed by atoms with Crippen molar-refractivity contribution in [3.63, 3.8) is 0 Å². The zero-order chi connectivity index (χ0) is 21.2. The molecule has 0 aromatic carbocycles. The fourth-order valence-corrected chi connectivity index (χ4v) is 3.57. The Kier molecular flexibility index (Phi) is 17.8. The van der Waals surface area contributed by atoms with E-state index in [0.29, 0.717) is 19.3 Å². The fraction of sp³-hybridized carbons (Fsp3) is 0.913. The van der Waals surface area contributed by atoms with Crippen LogP contribution in [0, 0.1) is 5.92 Å². The Balaban J connectivity index is 4.03. The zero-order valence-corrected chi connectivity index (χ0v) is 18.2. The van der Waals surface area contributed by atoms with Gasteiger partial charge in [-0.1, -0.05) is 90.9 Å². The molecule has 3 unspecified atom stereocenters. The van der Waals surface area contributed by atoms with Crippen molar-refractivity contribution in [3.8, 4) is 0 Å². The van der Waals surface area contributed by atoms with Gasteiger partial charge in [-0.3, -0.25) is 9.59 Å². The lowest BCUT2D eigenvalue weighted by Gasteiger charge is -2.20. The number of aliphatic hydroxyl groups excluding tert-OH is 3. The molecule has 0 aliphatic carbocycles. The van der Waals surface area contributed by atoms with Crippen LogP contribution in [0.25, 0.3) is 0 Å². The predicted octanol–water partition coefficient (Wildman–Crippen LogP) is 4.35. The van der Waals surface area contributed by atoms with E-state index in [2.05, 4.69) is 6.92 Å². The first-order valence-electron chi connectivity index (χ1n) is 11.5. The summed E-state index contributed by atoms with van der Waals surface area (Å²) in [6.07, 6.45) is 12.7. The van der Waals surface area contributed by atoms with Gasteiger partial charge in [0.25, 0.3) is 0 Å². The molecule has 0 radical (unpaired) electrons. The summed E-state index contributed by atoms with van der Waals surface area (Å²) in [6.45, 7) is 3.42. The van der Waals surface area contributed by atoms with Crippen LogP contribution in [0.2, 0.25) is 0 Å². The number of hydrogen-bond acceptors (Lipinski definition) is 5. The number of hydrogen-bond donors (Lipinski definition) is 3. The summed E-state index contributed by atoms with van der Waals surface area (Å²) in [6, 6.07) is 0. The number of aliphatic hydroxyl groups is 3. The van der Waals surface area contributed by atoms with Crippen LogP contribution in [-0.2, 0) is 9.59 Å². The van der Waals surface area contributed by atoms with Crippen molar-refractivity contribution in [1.82, 2.24) is 0 Å². The van der Waals surface area contributed by atoms with Gasteiger partial charge in [-0.15, -0.1) is 0 Å². The van der Waals surface area contributed by atoms with Gasteiger partial charge in [-0.05, 0) is 12.8 Å². The van der Waals surface area contributed by atoms with Crippen LogP contribution < -0.4 is 0 Å². The Morgan fingerprint density at radius 3 is 1.61 bits per heavy atom. The molecule has 0 saturated carbocycles. The summed E-state index contributed by atoms with van der Waals surface area (Å²) in [5, 5.41) is 28.3. The molecule has 0 aliphatic rings. The van der Waals surface area contributed by atoms with Crippen molar-refractivity contribution >= 4 is 11.6 Å². The Labute approximate surface area is 171 Å². The first kappa shape index (κ1) is 27.2. The van der Waals surface area contributed by atoms with Gasteiger partial charge < -0.3 is 15.3 Å². The molecule has 0 aromatic heterocycles. The minimum atomic E-state index is -1.69. The second kappa shape index (κ2) is 18.3. The van der Waals surface area contributed by atoms with Crippen LogP contribution in [0.5, 0.6) is 0 Å². The van der Waals surface area contributed by atoms with Crippen LogP contribution in [0.4, 0.5) is 0 Å². The van der Waals surface area contributed by atoms with Gasteiger partial charge in [0, 0.05) is 6.42 Å². The summed E-state index contributed by atoms with van der Waals surface area (Å²) in [7, 11) is 0. The van der Waals surface area contributed by atoms with E-state index in [1.54, 1.807) is 0 Å². The minimum Gasteiger partial charge on any atom is -0.394 e. The number of ketones is 2. The molecule has 0 bridgehead atoms. The molecule has 0 saturated heterocycles. The normalized spacial score (nSPS) is 14.6. The monoisotopic (exact) mass is 400 g/mol. The SMILES string of the molecule is CCCCCCCCCCCCCCC(C(=O)CCC)C(=O)C(O)C(O)CO. The summed E-state index contributed by atoms with van der Waals surface area (Å²) in [4.78, 5) is 24.6. The van der Waals surface area contributed by atoms with Crippen LogP contribution in [0.3, 0.4) is 0 Å². The highest BCUT2D eigenvalue weighted by atomic mass is 16.4. The van der Waals surface area contributed by atoms with E-state index in [9.17, 15) is 19.8 Å². The predicted molar refractivity (Wildman–Crippen MR) is 113 cm³/mol. The van der Waals surface area contributed by atoms with Crippen molar-refractivity contribution in [2.45, 2.75) is 122 Å². The van der Waals surface area contributed by atoms with Crippen LogP contribution in [-0.4, -0.2) is 45.7 Å². The lowest BCUT2D eigenvalue weighted by atomic mass is 9.86. The van der Waals surface area contributed by atoms with Crippen LogP contribution >= 0.6 is 0 Å². The lowest BCUT2D eigenvalue weighted by molar-refractivity contribution is -0.144. The standard InChI is InChI=1S/C23H44O5/c1-3-5-6-7-8-9-10-11-12-13-14-15-17-19(20(25)16-4-2)22(27)23(28)21(26)18-24/h19,21,23-24,26,28H,3-18H2,1-2H3. The Bertz CT molecular complexity index is 396. The van der Waals surface area contributed by atoms with Gasteiger partial charge in [0.05, 0.1) is 12.5 Å². The first-order chi connectivity index (χ1) is 13.5. The molecule has 3 N–H and O–H groups in total. The summed E-state index contributed by atoms with van der Waals surface area (Å²) in [5.74, 6) is -1.68. The molecule has 0 fully saturated rings. The number of carbonyl (C=O) groups is 2. The summed E-state index contributed by atoms with van der Waals surface area (Å²) in [5.41, 5.74) is 0. The molecule has 0 aromatic rings. The third kappa shape index (κ3) is 12.6. The largest absolute Gasteiger partial charge is 0.394 e. The number of carbonyl (C=O) groups excluding carboxylic acids is 2. The summed E-state index contributed by atoms with van der Waals surface area (Å²) >= 11 is 0. The van der Waals surface area contributed by atoms with E-state index in [0.717, 1.165) is 19.3 Å². The first-order valence-corrected chi connectivity index (χ1v) is 11.5. The van der Waals surface area contributed by atoms with E-state index >= 15 is 0 Å². The van der Waals surface area contributed by atoms with Crippen molar-refractivity contribution in [3.05, 3.63) is 0 Å². The molecule has 0 spiro atoms. The van der Waals surface area contributed by atoms with E-state index in [4.69, 9.17) is 5.11 Å². The highest BCUT2D eigenvalue weighted by Crippen LogP contribution is 2.19. The molecule has 0 rings (SSSR count). The van der Waals surface area contributed by atoms with Crippen molar-refractivity contribution in [2.75, 3.05) is 6.61 Å². The van der Waals surface area contributed by atoms with Crippen molar-refractivity contribution in [1.29, 1.82) is 0 Å². The topological polar surface area (TPSA) is 94.8 Å². The Morgan fingerprint density at radius 2 is 1.18 bits per heavy atom. The van der Waals surface area contributed by atoms with Gasteiger partial charge in [0.1, 0.15) is 18.0 Å². The maximum Gasteiger partial charge on any atom is 0.174 e. The van der Waals surface area contributed by atoms with Gasteiger partial charge in [0.15, 0.2) is 5.78 Å². The quantitative estimate of drug-likeness (QED) is 0.209. The van der Waals surface area contributed by atoms with Gasteiger partial charge >= 0.3 is 0 Å². The molecule has 5 heteroatoms. The van der Waals surface area contributed by atoms with Gasteiger partial charge in [0.2, 0.25) is 0 Å². The van der Waals surface area contributed by atoms with E-state index < -0.39 is 30.5 Å². The Morgan fingerprint density at radius 1 is 0.714 bits per heavy atom. The highest BCUT2D eigenvalue weighted by molar-refractivity contribution is 6.04. The van der Waals surface area contributed by atoms with Crippen LogP contribution in [0.15, 0.2) is 0 Å². The molecule has 0 aliphatic heterocycles. The zero-order valence-electron chi connectivity index (χ0n) is 18.2. The third-order valence-corrected chi connectivity index (χ3v) is 5.42. The Hall–Kier alpha value is -0.780. The molecule has 28 heavy (non-hydrogen) atoms. The second-order valence-electron chi connectivity index (χ2n) is 8.04. The van der Waals surface area contributed by atoms with Gasteiger partial charge in [-0.2, -0.15) is 0 Å². The minimum absolute atomic E-state index is 0.167. The molecule has 5 nitrogen and oxygen atoms in total. The third-order valence-electron chi connectivity index (χ3n) is 5.42. The van der Waals surface area contributed by atoms with Gasteiger partial charge in [-0.25, -0.2) is 0 Å². The van der Waals surface area contributed by atoms with E-state index in [-0.39, 0.29) is 5.78 Å². The second-order valence-corrected chi connectivity index (χ2v) is 8.04. The molecular formula is C23H44O5. The fourth-order valence-electron chi connectivity index (χ4n) is 3.57. The lowest BCUT2D eigenvalue weighted by Crippen LogP contribution is -2.42. The number of rotatable bonds is 20. The molecule has 0 amide bonds. The number of Topliss-reactive ketones (excluding diaryl/α,β-unsaturated/α-hetero) is 2. The van der Waals surface area contributed by atoms with Crippen molar-refractivity contribution < 1.29 is 24.9 Å². The van der Waals surface area contributed by atoms with E-state index in [1.807, 2.05) is 6.92 Å². The molecule has 0 heterocycles. The van der Waals surface area contributed by atoms with Crippen molar-refractivity contribution in [2.24, 2.45) is 5.92 Å². The molecular weight excluding hydrogens is 356 g/mol. The molecule has 166 valence electrons. The van der Waals surface area contributed by atoms with Crippen LogP contribution in [0.1, 0.15) is 110 Å². The number of unbranched alkanes of at least 4 members (excludes halogenated alkanes) is 11. The van der Waals surface area contributed by atoms with E-state index in [1.165, 1.54) is 57.8 Å². The average molecular weight is 401 g/mol. The maximum absolute atomic E-state index is 12.4. The smallest absolute Gasteiger partial charge is 0.174 e. The summed E-state index contributed by atoms with van der Waals surface area (Å²) < 4.78 is 0. The molecule has 3 atom stereocenters. The average Bonchev–Trinajstić information content (AvgIpc) is 2.70.